The van der Waals surface area contributed by atoms with Crippen LogP contribution in [-0.2, 0) is 11.3 Å². The first-order chi connectivity index (χ1) is 13.4. The number of halogens is 1. The number of imide groups is 1. The minimum atomic E-state index is -0.292. The van der Waals surface area contributed by atoms with Gasteiger partial charge >= 0.3 is 0 Å². The predicted octanol–water partition coefficient (Wildman–Crippen LogP) is 5.40. The van der Waals surface area contributed by atoms with Crippen LogP contribution in [0.5, 0.6) is 11.5 Å². The molecule has 0 radical (unpaired) electrons. The minimum Gasteiger partial charge on any atom is -0.493 e. The largest absolute Gasteiger partial charge is 0.493 e. The van der Waals surface area contributed by atoms with E-state index in [4.69, 9.17) is 9.47 Å². The van der Waals surface area contributed by atoms with Gasteiger partial charge in [0.2, 0.25) is 0 Å². The summed E-state index contributed by atoms with van der Waals surface area (Å²) in [6, 6.07) is 11.4. The Morgan fingerprint density at radius 2 is 1.89 bits per heavy atom. The molecule has 0 bridgehead atoms. The molecule has 146 valence electrons. The van der Waals surface area contributed by atoms with Crippen molar-refractivity contribution in [2.45, 2.75) is 20.4 Å². The van der Waals surface area contributed by atoms with E-state index in [2.05, 4.69) is 15.9 Å². The number of thioether (sulfide) groups is 1. The topological polar surface area (TPSA) is 55.8 Å². The molecule has 28 heavy (non-hydrogen) atoms. The number of nitrogens with zero attached hydrogens (tertiary/aromatic N) is 1. The highest BCUT2D eigenvalue weighted by Gasteiger charge is 2.35. The molecule has 2 aromatic carbocycles. The van der Waals surface area contributed by atoms with Crippen molar-refractivity contribution in [3.8, 4) is 11.5 Å². The van der Waals surface area contributed by atoms with Crippen molar-refractivity contribution in [3.05, 3.63) is 62.5 Å². The molecule has 1 aliphatic rings. The number of hydrogen-bond acceptors (Lipinski definition) is 5. The van der Waals surface area contributed by atoms with E-state index in [1.165, 1.54) is 4.90 Å². The third-order valence-corrected chi connectivity index (χ3v) is 5.67. The highest BCUT2D eigenvalue weighted by atomic mass is 79.9. The van der Waals surface area contributed by atoms with Gasteiger partial charge in [-0.15, -0.1) is 0 Å². The Morgan fingerprint density at radius 1 is 1.18 bits per heavy atom. The van der Waals surface area contributed by atoms with Crippen molar-refractivity contribution in [1.29, 1.82) is 0 Å². The van der Waals surface area contributed by atoms with Crippen molar-refractivity contribution in [1.82, 2.24) is 4.90 Å². The van der Waals surface area contributed by atoms with Crippen LogP contribution in [0.4, 0.5) is 4.79 Å². The maximum absolute atomic E-state index is 12.7. The summed E-state index contributed by atoms with van der Waals surface area (Å²) in [5.74, 6) is 0.871. The summed E-state index contributed by atoms with van der Waals surface area (Å²) >= 11 is 4.42. The molecule has 1 fully saturated rings. The van der Waals surface area contributed by atoms with E-state index in [0.29, 0.717) is 23.0 Å². The van der Waals surface area contributed by atoms with Gasteiger partial charge in [-0.2, -0.15) is 0 Å². The fourth-order valence-corrected chi connectivity index (χ4v) is 4.18. The zero-order valence-electron chi connectivity index (χ0n) is 15.8. The minimum absolute atomic E-state index is 0.262. The second-order valence-corrected chi connectivity index (χ2v) is 8.07. The van der Waals surface area contributed by atoms with Gasteiger partial charge in [-0.1, -0.05) is 29.8 Å². The summed E-state index contributed by atoms with van der Waals surface area (Å²) in [6.45, 7) is 4.66. The Hall–Kier alpha value is -2.25. The summed E-state index contributed by atoms with van der Waals surface area (Å²) < 4.78 is 11.7. The highest BCUT2D eigenvalue weighted by Crippen LogP contribution is 2.39. The van der Waals surface area contributed by atoms with Crippen molar-refractivity contribution in [2.75, 3.05) is 13.7 Å². The molecule has 1 aliphatic heterocycles. The Bertz CT molecular complexity index is 940. The fourth-order valence-electron chi connectivity index (χ4n) is 2.77. The first kappa shape index (κ1) is 20.5. The quantitative estimate of drug-likeness (QED) is 0.538. The summed E-state index contributed by atoms with van der Waals surface area (Å²) in [4.78, 5) is 26.8. The Kier molecular flexibility index (Phi) is 6.46. The molecular weight excluding hydrogens is 442 g/mol. The van der Waals surface area contributed by atoms with Crippen molar-refractivity contribution < 1.29 is 19.1 Å². The number of methoxy groups -OCH3 is 1. The van der Waals surface area contributed by atoms with Crippen LogP contribution in [0.2, 0.25) is 0 Å². The lowest BCUT2D eigenvalue weighted by Gasteiger charge is -2.13. The van der Waals surface area contributed by atoms with Gasteiger partial charge in [0.25, 0.3) is 11.1 Å². The summed E-state index contributed by atoms with van der Waals surface area (Å²) in [5, 5.41) is -0.270. The van der Waals surface area contributed by atoms with Crippen molar-refractivity contribution in [2.24, 2.45) is 0 Å². The molecule has 5 nitrogen and oxygen atoms in total. The van der Waals surface area contributed by atoms with Gasteiger partial charge in [-0.3, -0.25) is 14.5 Å². The maximum atomic E-state index is 12.7. The number of benzene rings is 2. The summed E-state index contributed by atoms with van der Waals surface area (Å²) in [5.41, 5.74) is 2.79. The number of rotatable bonds is 6. The zero-order chi connectivity index (χ0) is 20.3. The number of aryl methyl sites for hydroxylation is 1. The Labute approximate surface area is 176 Å². The monoisotopic (exact) mass is 461 g/mol. The van der Waals surface area contributed by atoms with Crippen molar-refractivity contribution >= 4 is 44.9 Å². The smallest absolute Gasteiger partial charge is 0.293 e. The molecule has 0 saturated carbocycles. The van der Waals surface area contributed by atoms with Crippen LogP contribution in [-0.4, -0.2) is 29.8 Å². The van der Waals surface area contributed by atoms with Crippen LogP contribution in [0.1, 0.15) is 23.6 Å². The molecule has 2 aromatic rings. The number of ether oxygens (including phenoxy) is 2. The molecule has 0 aliphatic carbocycles. The standard InChI is InChI=1S/C21H20BrNO4S/c1-4-27-19-16(22)9-15(10-17(19)26-3)11-18-20(24)23(21(25)28-18)12-14-7-5-13(2)6-8-14/h5-11H,4,12H2,1-3H3/b18-11+. The molecule has 0 aromatic heterocycles. The van der Waals surface area contributed by atoms with Crippen LogP contribution in [0.3, 0.4) is 0 Å². The van der Waals surface area contributed by atoms with Crippen molar-refractivity contribution in [3.63, 3.8) is 0 Å². The van der Waals surface area contributed by atoms with Crippen LogP contribution in [0.15, 0.2) is 45.8 Å². The van der Waals surface area contributed by atoms with Gasteiger partial charge in [0.05, 0.1) is 29.6 Å². The second kappa shape index (κ2) is 8.84. The SMILES string of the molecule is CCOc1c(Br)cc(/C=C2/SC(=O)N(Cc3ccc(C)cc3)C2=O)cc1OC. The van der Waals surface area contributed by atoms with Crippen LogP contribution < -0.4 is 9.47 Å². The van der Waals surface area contributed by atoms with E-state index in [0.717, 1.165) is 32.9 Å². The van der Waals surface area contributed by atoms with Gasteiger partial charge in [-0.05, 0) is 70.9 Å². The van der Waals surface area contributed by atoms with Crippen LogP contribution in [0.25, 0.3) is 6.08 Å². The Morgan fingerprint density at radius 3 is 2.54 bits per heavy atom. The zero-order valence-corrected chi connectivity index (χ0v) is 18.2. The number of carbonyl (C=O) groups excluding carboxylic acids is 2. The number of carbonyl (C=O) groups is 2. The van der Waals surface area contributed by atoms with Gasteiger partial charge in [0.15, 0.2) is 11.5 Å². The van der Waals surface area contributed by atoms with Crippen LogP contribution >= 0.6 is 27.7 Å². The molecular formula is C21H20BrNO4S. The van der Waals surface area contributed by atoms with E-state index in [1.54, 1.807) is 19.3 Å². The molecule has 0 unspecified atom stereocenters. The molecule has 3 rings (SSSR count). The van der Waals surface area contributed by atoms with Gasteiger partial charge < -0.3 is 9.47 Å². The number of amides is 2. The third-order valence-electron chi connectivity index (χ3n) is 4.17. The lowest BCUT2D eigenvalue weighted by Crippen LogP contribution is -2.27. The molecule has 7 heteroatoms. The van der Waals surface area contributed by atoms with E-state index < -0.39 is 0 Å². The first-order valence-electron chi connectivity index (χ1n) is 8.74. The third kappa shape index (κ3) is 4.42. The van der Waals surface area contributed by atoms with E-state index in [9.17, 15) is 9.59 Å². The second-order valence-electron chi connectivity index (χ2n) is 6.22. The lowest BCUT2D eigenvalue weighted by atomic mass is 10.1. The highest BCUT2D eigenvalue weighted by molar-refractivity contribution is 9.10. The van der Waals surface area contributed by atoms with Gasteiger partial charge in [0, 0.05) is 0 Å². The predicted molar refractivity (Wildman–Crippen MR) is 115 cm³/mol. The summed E-state index contributed by atoms with van der Waals surface area (Å²) in [6.07, 6.45) is 1.70. The van der Waals surface area contributed by atoms with E-state index >= 15 is 0 Å². The first-order valence-corrected chi connectivity index (χ1v) is 10.3. The number of hydrogen-bond donors (Lipinski definition) is 0. The lowest BCUT2D eigenvalue weighted by molar-refractivity contribution is -0.123. The molecule has 1 heterocycles. The molecule has 2 amide bonds. The van der Waals surface area contributed by atoms with Gasteiger partial charge in [0.1, 0.15) is 0 Å². The fraction of sp³-hybridized carbons (Fsp3) is 0.238. The average Bonchev–Trinajstić information content (AvgIpc) is 2.92. The molecule has 0 N–H and O–H groups in total. The van der Waals surface area contributed by atoms with E-state index in [-0.39, 0.29) is 17.7 Å². The average molecular weight is 462 g/mol. The Balaban J connectivity index is 1.85. The van der Waals surface area contributed by atoms with E-state index in [1.807, 2.05) is 44.2 Å². The molecule has 0 spiro atoms. The maximum Gasteiger partial charge on any atom is 0.293 e. The normalized spacial score (nSPS) is 15.4. The van der Waals surface area contributed by atoms with Gasteiger partial charge in [-0.25, -0.2) is 0 Å². The summed E-state index contributed by atoms with van der Waals surface area (Å²) in [7, 11) is 1.56. The molecule has 1 saturated heterocycles. The molecule has 0 atom stereocenters. The van der Waals surface area contributed by atoms with Crippen LogP contribution in [0, 0.1) is 6.92 Å².